The standard InChI is InChI=1S/C57H33N5OS/c1-3-14-34(15-4-1)36-26-30-48-44(32-36)45-33-37(27-31-49(45)63-48)61-46-22-10-7-18-38(46)40-28-29-41-39-19-8-11-23-47(39)62(54(41)53(40)61)57-59-55(35-16-5-2-6-17-35)58-56(60-57)43-21-13-25-51-52(43)42-20-9-12-24-50(42)64-51/h1-33H. The summed E-state index contributed by atoms with van der Waals surface area (Å²) in [5, 5.41) is 9.04. The second-order valence-corrected chi connectivity index (χ2v) is 17.4. The molecule has 0 aliphatic carbocycles. The fourth-order valence-electron chi connectivity index (χ4n) is 9.95. The van der Waals surface area contributed by atoms with Crippen molar-refractivity contribution < 1.29 is 4.42 Å². The summed E-state index contributed by atoms with van der Waals surface area (Å²) >= 11 is 1.80. The molecule has 0 saturated carbocycles. The van der Waals surface area contributed by atoms with E-state index in [2.05, 4.69) is 191 Å². The van der Waals surface area contributed by atoms with Crippen LogP contribution in [0.1, 0.15) is 0 Å². The van der Waals surface area contributed by atoms with E-state index in [1.165, 1.54) is 20.3 Å². The first-order valence-corrected chi connectivity index (χ1v) is 22.3. The molecule has 298 valence electrons. The number of hydrogen-bond acceptors (Lipinski definition) is 5. The largest absolute Gasteiger partial charge is 0.456 e. The minimum atomic E-state index is 0.556. The van der Waals surface area contributed by atoms with E-state index in [0.717, 1.165) is 93.3 Å². The average molecular weight is 836 g/mol. The van der Waals surface area contributed by atoms with E-state index in [0.29, 0.717) is 17.6 Å². The lowest BCUT2D eigenvalue weighted by molar-refractivity contribution is 0.669. The molecule has 7 heteroatoms. The van der Waals surface area contributed by atoms with E-state index in [9.17, 15) is 0 Å². The molecule has 6 nitrogen and oxygen atoms in total. The normalized spacial score (nSPS) is 12.1. The molecule has 0 aliphatic rings. The van der Waals surface area contributed by atoms with Crippen molar-refractivity contribution >= 4 is 97.1 Å². The van der Waals surface area contributed by atoms with Gasteiger partial charge in [0.1, 0.15) is 11.2 Å². The van der Waals surface area contributed by atoms with E-state index in [4.69, 9.17) is 19.4 Å². The monoisotopic (exact) mass is 835 g/mol. The zero-order valence-electron chi connectivity index (χ0n) is 34.1. The lowest BCUT2D eigenvalue weighted by Gasteiger charge is -2.14. The van der Waals surface area contributed by atoms with Gasteiger partial charge in [0.05, 0.1) is 22.1 Å². The molecular formula is C57H33N5OS. The minimum absolute atomic E-state index is 0.556. The number of para-hydroxylation sites is 2. The fraction of sp³-hybridized carbons (Fsp3) is 0. The van der Waals surface area contributed by atoms with Crippen LogP contribution in [0.15, 0.2) is 205 Å². The van der Waals surface area contributed by atoms with Crippen LogP contribution in [0, 0.1) is 0 Å². The summed E-state index contributed by atoms with van der Waals surface area (Å²) < 4.78 is 13.6. The van der Waals surface area contributed by atoms with Crippen LogP contribution in [-0.2, 0) is 0 Å². The Balaban J connectivity index is 1.09. The van der Waals surface area contributed by atoms with Gasteiger partial charge in [0.15, 0.2) is 11.6 Å². The summed E-state index contributed by atoms with van der Waals surface area (Å²) in [7, 11) is 0. The summed E-state index contributed by atoms with van der Waals surface area (Å²) in [4.78, 5) is 16.2. The smallest absolute Gasteiger partial charge is 0.238 e. The molecule has 0 spiro atoms. The third-order valence-electron chi connectivity index (χ3n) is 12.8. The maximum Gasteiger partial charge on any atom is 0.238 e. The molecule has 0 unspecified atom stereocenters. The zero-order valence-corrected chi connectivity index (χ0v) is 34.9. The molecule has 0 N–H and O–H groups in total. The molecule has 9 aromatic carbocycles. The van der Waals surface area contributed by atoms with Crippen LogP contribution in [0.25, 0.3) is 131 Å². The van der Waals surface area contributed by atoms with E-state index < -0.39 is 0 Å². The Morgan fingerprint density at radius 1 is 0.375 bits per heavy atom. The molecule has 0 amide bonds. The van der Waals surface area contributed by atoms with E-state index in [1.54, 1.807) is 11.3 Å². The quantitative estimate of drug-likeness (QED) is 0.173. The maximum atomic E-state index is 6.48. The summed E-state index contributed by atoms with van der Waals surface area (Å²) in [6.07, 6.45) is 0. The van der Waals surface area contributed by atoms with Gasteiger partial charge in [0.25, 0.3) is 0 Å². The number of rotatable bonds is 5. The highest BCUT2D eigenvalue weighted by molar-refractivity contribution is 7.25. The van der Waals surface area contributed by atoms with Gasteiger partial charge in [-0.05, 0) is 65.7 Å². The molecule has 14 aromatic rings. The summed E-state index contributed by atoms with van der Waals surface area (Å²) in [6, 6.07) is 70.8. The number of furan rings is 1. The number of fused-ring (bicyclic) bond motifs is 13. The fourth-order valence-corrected chi connectivity index (χ4v) is 11.1. The minimum Gasteiger partial charge on any atom is -0.456 e. The number of benzene rings is 9. The van der Waals surface area contributed by atoms with Gasteiger partial charge in [-0.25, -0.2) is 4.98 Å². The van der Waals surface area contributed by atoms with Gasteiger partial charge < -0.3 is 8.98 Å². The Bertz CT molecular complexity index is 4200. The predicted molar refractivity (Wildman–Crippen MR) is 265 cm³/mol. The first-order valence-electron chi connectivity index (χ1n) is 21.4. The molecule has 0 radical (unpaired) electrons. The highest BCUT2D eigenvalue weighted by Gasteiger charge is 2.25. The molecule has 5 heterocycles. The highest BCUT2D eigenvalue weighted by Crippen LogP contribution is 2.44. The van der Waals surface area contributed by atoms with Crippen LogP contribution in [0.5, 0.6) is 0 Å². The Hall–Kier alpha value is -8.39. The Morgan fingerprint density at radius 3 is 1.73 bits per heavy atom. The van der Waals surface area contributed by atoms with Crippen LogP contribution in [0.4, 0.5) is 0 Å². The molecule has 0 aliphatic heterocycles. The lowest BCUT2D eigenvalue weighted by atomic mass is 10.0. The van der Waals surface area contributed by atoms with Crippen molar-refractivity contribution in [3.63, 3.8) is 0 Å². The first-order chi connectivity index (χ1) is 31.7. The molecule has 0 fully saturated rings. The summed E-state index contributed by atoms with van der Waals surface area (Å²) in [6.45, 7) is 0. The Morgan fingerprint density at radius 2 is 0.969 bits per heavy atom. The first kappa shape index (κ1) is 35.2. The van der Waals surface area contributed by atoms with Crippen LogP contribution in [0.3, 0.4) is 0 Å². The van der Waals surface area contributed by atoms with Crippen molar-refractivity contribution in [3.05, 3.63) is 200 Å². The Kier molecular flexibility index (Phi) is 7.46. The van der Waals surface area contributed by atoms with Crippen LogP contribution in [-0.4, -0.2) is 24.1 Å². The number of nitrogens with zero attached hydrogens (tertiary/aromatic N) is 5. The van der Waals surface area contributed by atoms with Gasteiger partial charge in [0.2, 0.25) is 5.95 Å². The van der Waals surface area contributed by atoms with E-state index in [-0.39, 0.29) is 0 Å². The molecule has 0 bridgehead atoms. The van der Waals surface area contributed by atoms with Crippen molar-refractivity contribution in [1.29, 1.82) is 0 Å². The number of aromatic nitrogens is 5. The number of thiophene rings is 1. The summed E-state index contributed by atoms with van der Waals surface area (Å²) in [5.74, 6) is 1.80. The van der Waals surface area contributed by atoms with Crippen molar-refractivity contribution in [2.45, 2.75) is 0 Å². The van der Waals surface area contributed by atoms with Crippen LogP contribution >= 0.6 is 11.3 Å². The second kappa shape index (κ2) is 13.6. The maximum absolute atomic E-state index is 6.48. The van der Waals surface area contributed by atoms with Gasteiger partial charge in [-0.15, -0.1) is 11.3 Å². The summed E-state index contributed by atoms with van der Waals surface area (Å²) in [5.41, 5.74) is 11.2. The topological polar surface area (TPSA) is 61.7 Å². The Labute approximate surface area is 369 Å². The zero-order chi connectivity index (χ0) is 41.9. The highest BCUT2D eigenvalue weighted by atomic mass is 32.1. The van der Waals surface area contributed by atoms with Crippen molar-refractivity contribution in [3.8, 4) is 45.5 Å². The van der Waals surface area contributed by atoms with Crippen molar-refractivity contribution in [2.75, 3.05) is 0 Å². The van der Waals surface area contributed by atoms with E-state index in [1.807, 2.05) is 18.2 Å². The van der Waals surface area contributed by atoms with E-state index >= 15 is 0 Å². The molecule has 5 aromatic heterocycles. The molecular weight excluding hydrogens is 803 g/mol. The predicted octanol–water partition coefficient (Wildman–Crippen LogP) is 15.3. The molecule has 0 saturated heterocycles. The third kappa shape index (κ3) is 5.16. The second-order valence-electron chi connectivity index (χ2n) is 16.3. The van der Waals surface area contributed by atoms with Crippen molar-refractivity contribution in [1.82, 2.24) is 24.1 Å². The van der Waals surface area contributed by atoms with Gasteiger partial charge in [-0.3, -0.25) is 4.57 Å². The molecule has 0 atom stereocenters. The van der Waals surface area contributed by atoms with Gasteiger partial charge in [-0.1, -0.05) is 146 Å². The average Bonchev–Trinajstić information content (AvgIpc) is 4.12. The van der Waals surface area contributed by atoms with Gasteiger partial charge >= 0.3 is 0 Å². The van der Waals surface area contributed by atoms with Crippen LogP contribution in [0.2, 0.25) is 0 Å². The van der Waals surface area contributed by atoms with Crippen molar-refractivity contribution in [2.24, 2.45) is 0 Å². The van der Waals surface area contributed by atoms with Gasteiger partial charge in [0, 0.05) is 69.3 Å². The SMILES string of the molecule is c1ccc(-c2ccc3oc4ccc(-n5c6ccccc6c6ccc7c8ccccc8n(-c8nc(-c9ccccc9)nc(-c9cccc%10sc%11ccccc%11c9%10)n8)c7c65)cc4c3c2)cc1. The molecule has 14 rings (SSSR count). The van der Waals surface area contributed by atoms with Gasteiger partial charge in [-0.2, -0.15) is 9.97 Å². The van der Waals surface area contributed by atoms with Crippen LogP contribution < -0.4 is 0 Å². The lowest BCUT2D eigenvalue weighted by Crippen LogP contribution is -2.07. The number of hydrogen-bond donors (Lipinski definition) is 0. The molecule has 64 heavy (non-hydrogen) atoms. The third-order valence-corrected chi connectivity index (χ3v) is 13.9.